The maximum absolute atomic E-state index is 14.3. The smallest absolute Gasteiger partial charge is 0.388 e. The van der Waals surface area contributed by atoms with Gasteiger partial charge in [0, 0.05) is 29.0 Å². The number of amidine groups is 1. The summed E-state index contributed by atoms with van der Waals surface area (Å²) in [7, 11) is 0. The molecule has 158 valence electrons. The zero-order valence-electron chi connectivity index (χ0n) is 15.9. The molecule has 0 aliphatic carbocycles. The Kier molecular flexibility index (Phi) is 4.51. The van der Waals surface area contributed by atoms with Gasteiger partial charge in [0.15, 0.2) is 5.75 Å². The van der Waals surface area contributed by atoms with Crippen LogP contribution in [0.15, 0.2) is 53.8 Å². The topological polar surface area (TPSA) is 91.9 Å². The second kappa shape index (κ2) is 7.24. The van der Waals surface area contributed by atoms with Crippen LogP contribution in [-0.4, -0.2) is 35.6 Å². The highest BCUT2D eigenvalue weighted by molar-refractivity contribution is 5.84. The molecule has 4 heterocycles. The summed E-state index contributed by atoms with van der Waals surface area (Å²) in [6.45, 7) is -2.86. The molecule has 31 heavy (non-hydrogen) atoms. The molecule has 2 aliphatic rings. The summed E-state index contributed by atoms with van der Waals surface area (Å²) >= 11 is 0. The Morgan fingerprint density at radius 2 is 1.94 bits per heavy atom. The standard InChI is InChI=1S/C21H15F3N4O3/c22-19-12(2-1-5-26-19)11-3-4-15-13(6-11)21(10-29-9-17(25)28-21)14-7-18(31-20(23)24)27-8-16(14)30-15/h1-8,20H,9-10H2,(H2,25,28)/t21-/m0/s1. The van der Waals surface area contributed by atoms with Gasteiger partial charge in [0.2, 0.25) is 11.8 Å². The van der Waals surface area contributed by atoms with Gasteiger partial charge in [0.05, 0.1) is 12.8 Å². The van der Waals surface area contributed by atoms with Gasteiger partial charge in [0.25, 0.3) is 0 Å². The summed E-state index contributed by atoms with van der Waals surface area (Å²) in [5.74, 6) is 0.0295. The molecule has 0 saturated carbocycles. The summed E-state index contributed by atoms with van der Waals surface area (Å²) in [5, 5.41) is 0. The van der Waals surface area contributed by atoms with Crippen LogP contribution in [0.2, 0.25) is 0 Å². The lowest BCUT2D eigenvalue weighted by molar-refractivity contribution is -0.0530. The average Bonchev–Trinajstić information content (AvgIpc) is 2.74. The first-order valence-corrected chi connectivity index (χ1v) is 9.27. The lowest BCUT2D eigenvalue weighted by Crippen LogP contribution is -2.42. The molecule has 10 heteroatoms. The van der Waals surface area contributed by atoms with E-state index in [-0.39, 0.29) is 30.5 Å². The summed E-state index contributed by atoms with van der Waals surface area (Å²) in [6.07, 6.45) is 2.64. The van der Waals surface area contributed by atoms with Crippen molar-refractivity contribution in [3.8, 4) is 28.5 Å². The van der Waals surface area contributed by atoms with E-state index in [9.17, 15) is 13.2 Å². The van der Waals surface area contributed by atoms with Crippen LogP contribution in [0.3, 0.4) is 0 Å². The lowest BCUT2D eigenvalue weighted by atomic mass is 9.80. The van der Waals surface area contributed by atoms with Gasteiger partial charge < -0.3 is 19.9 Å². The molecule has 0 amide bonds. The number of benzene rings is 1. The predicted molar refractivity (Wildman–Crippen MR) is 104 cm³/mol. The SMILES string of the molecule is NC1=N[C@@]2(COC1)c1cc(-c3cccnc3F)ccc1Oc1cnc(OC(F)F)cc12. The Morgan fingerprint density at radius 1 is 1.10 bits per heavy atom. The Bertz CT molecular complexity index is 1200. The van der Waals surface area contributed by atoms with Crippen molar-refractivity contribution in [1.82, 2.24) is 9.97 Å². The average molecular weight is 428 g/mol. The molecule has 0 bridgehead atoms. The molecule has 0 unspecified atom stereocenters. The van der Waals surface area contributed by atoms with Gasteiger partial charge >= 0.3 is 6.61 Å². The molecule has 0 radical (unpaired) electrons. The number of rotatable bonds is 3. The quantitative estimate of drug-likeness (QED) is 0.641. The Hall–Kier alpha value is -3.66. The zero-order chi connectivity index (χ0) is 21.6. The maximum atomic E-state index is 14.3. The fourth-order valence-electron chi connectivity index (χ4n) is 3.85. The molecule has 5 rings (SSSR count). The number of halogens is 3. The summed E-state index contributed by atoms with van der Waals surface area (Å²) in [4.78, 5) is 12.2. The van der Waals surface area contributed by atoms with Crippen LogP contribution >= 0.6 is 0 Å². The van der Waals surface area contributed by atoms with E-state index in [4.69, 9.17) is 15.2 Å². The van der Waals surface area contributed by atoms with Gasteiger partial charge in [-0.1, -0.05) is 6.07 Å². The molecule has 1 spiro atoms. The van der Waals surface area contributed by atoms with E-state index >= 15 is 0 Å². The van der Waals surface area contributed by atoms with E-state index < -0.39 is 18.1 Å². The van der Waals surface area contributed by atoms with Crippen molar-refractivity contribution in [3.63, 3.8) is 0 Å². The van der Waals surface area contributed by atoms with Crippen molar-refractivity contribution in [2.75, 3.05) is 13.2 Å². The largest absolute Gasteiger partial charge is 0.455 e. The number of aromatic nitrogens is 2. The highest BCUT2D eigenvalue weighted by Gasteiger charge is 2.45. The molecule has 2 aromatic heterocycles. The molecule has 1 atom stereocenters. The maximum Gasteiger partial charge on any atom is 0.388 e. The van der Waals surface area contributed by atoms with Crippen molar-refractivity contribution in [2.45, 2.75) is 12.2 Å². The predicted octanol–water partition coefficient (Wildman–Crippen LogP) is 3.62. The van der Waals surface area contributed by atoms with E-state index in [0.717, 1.165) is 0 Å². The lowest BCUT2D eigenvalue weighted by Gasteiger charge is -2.39. The Labute approximate surface area is 174 Å². The molecule has 1 aromatic carbocycles. The van der Waals surface area contributed by atoms with E-state index in [2.05, 4.69) is 19.7 Å². The fraction of sp³-hybridized carbons (Fsp3) is 0.190. The minimum Gasteiger partial charge on any atom is -0.455 e. The number of hydrogen-bond acceptors (Lipinski definition) is 7. The Balaban J connectivity index is 1.73. The van der Waals surface area contributed by atoms with Gasteiger partial charge in [0.1, 0.15) is 23.7 Å². The third kappa shape index (κ3) is 3.25. The normalized spacial score (nSPS) is 19.4. The van der Waals surface area contributed by atoms with Crippen molar-refractivity contribution < 1.29 is 27.4 Å². The molecule has 2 N–H and O–H groups in total. The first-order chi connectivity index (χ1) is 15.0. The van der Waals surface area contributed by atoms with Gasteiger partial charge in [-0.3, -0.25) is 4.99 Å². The van der Waals surface area contributed by atoms with E-state index in [0.29, 0.717) is 28.2 Å². The minimum absolute atomic E-state index is 0.0637. The summed E-state index contributed by atoms with van der Waals surface area (Å²) < 4.78 is 55.9. The number of nitrogens with zero attached hydrogens (tertiary/aromatic N) is 3. The van der Waals surface area contributed by atoms with Crippen LogP contribution in [0.25, 0.3) is 11.1 Å². The molecular weight excluding hydrogens is 413 g/mol. The molecule has 3 aromatic rings. The van der Waals surface area contributed by atoms with E-state index in [1.54, 1.807) is 30.3 Å². The number of fused-ring (bicyclic) bond motifs is 4. The number of pyridine rings is 2. The summed E-state index contributed by atoms with van der Waals surface area (Å²) in [6, 6.07) is 9.62. The van der Waals surface area contributed by atoms with Crippen LogP contribution in [0.1, 0.15) is 11.1 Å². The van der Waals surface area contributed by atoms with Crippen LogP contribution < -0.4 is 15.2 Å². The second-order valence-corrected chi connectivity index (χ2v) is 7.01. The summed E-state index contributed by atoms with van der Waals surface area (Å²) in [5.41, 5.74) is 6.55. The third-order valence-electron chi connectivity index (χ3n) is 5.11. The molecular formula is C21H15F3N4O3. The Morgan fingerprint density at radius 3 is 2.71 bits per heavy atom. The molecule has 7 nitrogen and oxygen atoms in total. The van der Waals surface area contributed by atoms with Crippen LogP contribution in [0.5, 0.6) is 17.4 Å². The van der Waals surface area contributed by atoms with E-state index in [1.807, 2.05) is 0 Å². The van der Waals surface area contributed by atoms with Crippen molar-refractivity contribution in [3.05, 3.63) is 65.9 Å². The molecule has 2 aliphatic heterocycles. The number of alkyl halides is 2. The molecule has 0 saturated heterocycles. The number of aliphatic imine (C=N–C) groups is 1. The first-order valence-electron chi connectivity index (χ1n) is 9.27. The fourth-order valence-corrected chi connectivity index (χ4v) is 3.85. The monoisotopic (exact) mass is 428 g/mol. The number of hydrogen-bond donors (Lipinski definition) is 1. The highest BCUT2D eigenvalue weighted by atomic mass is 19.3. The van der Waals surface area contributed by atoms with Gasteiger partial charge in [-0.15, -0.1) is 0 Å². The van der Waals surface area contributed by atoms with Gasteiger partial charge in [-0.2, -0.15) is 13.2 Å². The zero-order valence-corrected chi connectivity index (χ0v) is 15.9. The van der Waals surface area contributed by atoms with Gasteiger partial charge in [-0.05, 0) is 29.8 Å². The minimum atomic E-state index is -3.05. The van der Waals surface area contributed by atoms with Crippen molar-refractivity contribution in [1.29, 1.82) is 0 Å². The van der Waals surface area contributed by atoms with Crippen LogP contribution in [0.4, 0.5) is 13.2 Å². The van der Waals surface area contributed by atoms with Crippen LogP contribution in [-0.2, 0) is 10.3 Å². The first kappa shape index (κ1) is 19.3. The van der Waals surface area contributed by atoms with Crippen molar-refractivity contribution in [2.24, 2.45) is 10.7 Å². The van der Waals surface area contributed by atoms with Crippen LogP contribution in [0, 0.1) is 5.95 Å². The van der Waals surface area contributed by atoms with Crippen molar-refractivity contribution >= 4 is 5.84 Å². The van der Waals surface area contributed by atoms with Gasteiger partial charge in [-0.25, -0.2) is 9.97 Å². The second-order valence-electron chi connectivity index (χ2n) is 7.01. The third-order valence-corrected chi connectivity index (χ3v) is 5.11. The molecule has 0 fully saturated rings. The number of nitrogens with two attached hydrogens (primary N) is 1. The number of ether oxygens (including phenoxy) is 3. The highest BCUT2D eigenvalue weighted by Crippen LogP contribution is 2.51. The van der Waals surface area contributed by atoms with E-state index in [1.165, 1.54) is 18.5 Å².